The molecule has 1 aliphatic heterocycles. The maximum atomic E-state index is 13.0. The van der Waals surface area contributed by atoms with Crippen LogP contribution in [0.1, 0.15) is 21.5 Å². The van der Waals surface area contributed by atoms with Gasteiger partial charge in [0.2, 0.25) is 0 Å². The van der Waals surface area contributed by atoms with E-state index in [0.717, 1.165) is 11.1 Å². The molecule has 0 radical (unpaired) electrons. The number of anilines is 2. The van der Waals surface area contributed by atoms with Gasteiger partial charge in [0, 0.05) is 5.56 Å². The molecule has 9 nitrogen and oxygen atoms in total. The van der Waals surface area contributed by atoms with E-state index in [-0.39, 0.29) is 28.4 Å². The summed E-state index contributed by atoms with van der Waals surface area (Å²) in [6.45, 7) is 3.39. The fourth-order valence-electron chi connectivity index (χ4n) is 3.49. The third kappa shape index (κ3) is 4.24. The maximum Gasteiger partial charge on any atom is 0.335 e. The summed E-state index contributed by atoms with van der Waals surface area (Å²) >= 11 is 0. The van der Waals surface area contributed by atoms with Crippen molar-refractivity contribution in [3.8, 4) is 16.9 Å². The van der Waals surface area contributed by atoms with Crippen LogP contribution in [0, 0.1) is 13.8 Å². The van der Waals surface area contributed by atoms with Crippen LogP contribution >= 0.6 is 0 Å². The topological polar surface area (TPSA) is 135 Å². The zero-order valence-corrected chi connectivity index (χ0v) is 18.5. The number of carboxylic acids is 1. The van der Waals surface area contributed by atoms with E-state index in [0.29, 0.717) is 16.8 Å². The first-order valence-electron chi connectivity index (χ1n) is 10.4. The molecule has 0 aliphatic carbocycles. The summed E-state index contributed by atoms with van der Waals surface area (Å²) in [5, 5.41) is 39.2. The van der Waals surface area contributed by atoms with Gasteiger partial charge in [0.25, 0.3) is 0 Å². The Morgan fingerprint density at radius 3 is 2.53 bits per heavy atom. The second-order valence-corrected chi connectivity index (χ2v) is 7.75. The molecule has 0 aromatic heterocycles. The first-order valence-corrected chi connectivity index (χ1v) is 10.4. The number of aryl methyl sites for hydroxylation is 2. The third-order valence-electron chi connectivity index (χ3n) is 5.52. The Hall–Kier alpha value is -4.50. The van der Waals surface area contributed by atoms with Crippen LogP contribution in [-0.2, 0) is 4.79 Å². The van der Waals surface area contributed by atoms with Gasteiger partial charge >= 0.3 is 11.9 Å². The summed E-state index contributed by atoms with van der Waals surface area (Å²) in [4.78, 5) is 24.3. The van der Waals surface area contributed by atoms with E-state index in [4.69, 9.17) is 0 Å². The number of carbonyl (C=O) groups is 2. The smallest absolute Gasteiger partial charge is 0.335 e. The van der Waals surface area contributed by atoms with Gasteiger partial charge in [-0.1, -0.05) is 30.3 Å². The Labute approximate surface area is 195 Å². The summed E-state index contributed by atoms with van der Waals surface area (Å²) in [7, 11) is 0. The van der Waals surface area contributed by atoms with Crippen LogP contribution in [0.3, 0.4) is 0 Å². The van der Waals surface area contributed by atoms with E-state index in [9.17, 15) is 24.9 Å². The highest BCUT2D eigenvalue weighted by molar-refractivity contribution is 6.72. The average molecular weight is 458 g/mol. The monoisotopic (exact) mass is 458 g/mol. The molecule has 4 rings (SSSR count). The predicted octanol–water partition coefficient (Wildman–Crippen LogP) is 3.54. The van der Waals surface area contributed by atoms with Gasteiger partial charge in [0.05, 0.1) is 23.5 Å². The molecular formula is C25H22N4O5. The molecule has 3 aromatic rings. The number of aliphatic hydroxyl groups is 1. The second kappa shape index (κ2) is 9.16. The van der Waals surface area contributed by atoms with Gasteiger partial charge in [0.15, 0.2) is 5.71 Å². The van der Waals surface area contributed by atoms with Crippen molar-refractivity contribution >= 4 is 34.7 Å². The first kappa shape index (κ1) is 22.7. The van der Waals surface area contributed by atoms with Crippen LogP contribution in [0.15, 0.2) is 70.9 Å². The zero-order valence-electron chi connectivity index (χ0n) is 18.5. The molecule has 0 saturated carbocycles. The molecule has 9 heteroatoms. The van der Waals surface area contributed by atoms with Gasteiger partial charge < -0.3 is 15.3 Å². The first-order chi connectivity index (χ1) is 16.3. The van der Waals surface area contributed by atoms with E-state index in [1.54, 1.807) is 36.4 Å². The highest BCUT2D eigenvalue weighted by atomic mass is 16.4. The van der Waals surface area contributed by atoms with Crippen LogP contribution in [0.4, 0.5) is 11.4 Å². The fraction of sp³-hybridized carbons (Fsp3) is 0.120. The molecular weight excluding hydrogens is 436 g/mol. The highest BCUT2D eigenvalue weighted by Gasteiger charge is 2.33. The van der Waals surface area contributed by atoms with Gasteiger partial charge in [-0.25, -0.2) is 4.79 Å². The van der Waals surface area contributed by atoms with Gasteiger partial charge in [-0.2, -0.15) is 15.2 Å². The van der Waals surface area contributed by atoms with Crippen LogP contribution in [0.25, 0.3) is 11.1 Å². The lowest BCUT2D eigenvalue weighted by Crippen LogP contribution is -2.29. The highest BCUT2D eigenvalue weighted by Crippen LogP contribution is 2.36. The van der Waals surface area contributed by atoms with Crippen LogP contribution in [0.5, 0.6) is 5.75 Å². The van der Waals surface area contributed by atoms with Crippen molar-refractivity contribution in [1.29, 1.82) is 0 Å². The second-order valence-electron chi connectivity index (χ2n) is 7.75. The summed E-state index contributed by atoms with van der Waals surface area (Å²) in [5.41, 5.74) is 6.45. The largest absolute Gasteiger partial charge is 0.505 e. The lowest BCUT2D eigenvalue weighted by atomic mass is 10.0. The lowest BCUT2D eigenvalue weighted by molar-refractivity contribution is -0.112. The number of hydrogen-bond acceptors (Lipinski definition) is 7. The number of phenols is 1. The summed E-state index contributed by atoms with van der Waals surface area (Å²) in [6, 6.07) is 16.5. The molecule has 0 bridgehead atoms. The number of phenolic OH excluding ortho intramolecular Hbond substituents is 1. The predicted molar refractivity (Wildman–Crippen MR) is 129 cm³/mol. The van der Waals surface area contributed by atoms with Crippen LogP contribution in [0.2, 0.25) is 0 Å². The molecule has 0 atom stereocenters. The van der Waals surface area contributed by atoms with Gasteiger partial charge in [-0.05, 0) is 60.9 Å². The van der Waals surface area contributed by atoms with Crippen molar-refractivity contribution in [2.45, 2.75) is 13.8 Å². The van der Waals surface area contributed by atoms with Gasteiger partial charge in [0.1, 0.15) is 11.5 Å². The number of amides is 1. The van der Waals surface area contributed by atoms with E-state index < -0.39 is 18.5 Å². The molecule has 4 N–H and O–H groups in total. The SMILES string of the molecule is Cc1ccc(N2N=C(CO)C(=NNc3cccc(-c4cccc(C(=O)O)c4)c3O)C2=O)cc1C. The Balaban J connectivity index is 1.63. The average Bonchev–Trinajstić information content (AvgIpc) is 3.15. The fourth-order valence-corrected chi connectivity index (χ4v) is 3.49. The van der Waals surface area contributed by atoms with Crippen molar-refractivity contribution in [1.82, 2.24) is 0 Å². The number of carbonyl (C=O) groups excluding carboxylic acids is 1. The number of hydrazone groups is 2. The number of hydrogen-bond donors (Lipinski definition) is 4. The third-order valence-corrected chi connectivity index (χ3v) is 5.52. The molecule has 172 valence electrons. The molecule has 3 aromatic carbocycles. The number of nitrogens with zero attached hydrogens (tertiary/aromatic N) is 3. The number of para-hydroxylation sites is 1. The number of carboxylic acid groups (broad SMARTS) is 1. The summed E-state index contributed by atoms with van der Waals surface area (Å²) < 4.78 is 0. The minimum absolute atomic E-state index is 0.0838. The number of rotatable bonds is 6. The van der Waals surface area contributed by atoms with Crippen LogP contribution < -0.4 is 10.4 Å². The molecule has 34 heavy (non-hydrogen) atoms. The van der Waals surface area contributed by atoms with Crippen molar-refractivity contribution < 1.29 is 24.9 Å². The molecule has 1 heterocycles. The normalized spacial score (nSPS) is 14.4. The van der Waals surface area contributed by atoms with E-state index >= 15 is 0 Å². The molecule has 0 unspecified atom stereocenters. The molecule has 1 amide bonds. The van der Waals surface area contributed by atoms with E-state index in [1.807, 2.05) is 26.0 Å². The lowest BCUT2D eigenvalue weighted by Gasteiger charge is -2.13. The Morgan fingerprint density at radius 2 is 1.82 bits per heavy atom. The molecule has 1 aliphatic rings. The number of aliphatic hydroxyl groups excluding tert-OH is 1. The minimum Gasteiger partial charge on any atom is -0.505 e. The van der Waals surface area contributed by atoms with Crippen molar-refractivity contribution in [3.05, 3.63) is 77.4 Å². The van der Waals surface area contributed by atoms with Crippen molar-refractivity contribution in [2.75, 3.05) is 17.0 Å². The Bertz CT molecular complexity index is 1360. The summed E-state index contributed by atoms with van der Waals surface area (Å²) in [6.07, 6.45) is 0. The minimum atomic E-state index is -1.08. The Morgan fingerprint density at radius 1 is 1.06 bits per heavy atom. The Kier molecular flexibility index (Phi) is 6.11. The standard InChI is InChI=1S/C25H22N4O5/c1-14-9-10-18(11-15(14)2)29-24(32)22(21(13-30)28-29)27-26-20-8-4-7-19(23(20)31)16-5-3-6-17(12-16)25(33)34/h3-12,26,30-31H,13H2,1-2H3,(H,33,34). The van der Waals surface area contributed by atoms with E-state index in [2.05, 4.69) is 15.6 Å². The molecule has 0 fully saturated rings. The van der Waals surface area contributed by atoms with E-state index in [1.165, 1.54) is 17.1 Å². The van der Waals surface area contributed by atoms with Crippen molar-refractivity contribution in [2.24, 2.45) is 10.2 Å². The van der Waals surface area contributed by atoms with Gasteiger partial charge in [-0.3, -0.25) is 10.2 Å². The van der Waals surface area contributed by atoms with Crippen molar-refractivity contribution in [3.63, 3.8) is 0 Å². The molecule has 0 spiro atoms. The number of aromatic hydroxyl groups is 1. The summed E-state index contributed by atoms with van der Waals surface area (Å²) in [5.74, 6) is -1.77. The number of benzene rings is 3. The number of aromatic carboxylic acids is 1. The zero-order chi connectivity index (χ0) is 24.4. The van der Waals surface area contributed by atoms with Crippen LogP contribution in [-0.4, -0.2) is 45.2 Å². The number of nitrogens with one attached hydrogen (secondary N) is 1. The van der Waals surface area contributed by atoms with Gasteiger partial charge in [-0.15, -0.1) is 0 Å². The maximum absolute atomic E-state index is 13.0. The molecule has 0 saturated heterocycles. The quantitative estimate of drug-likeness (QED) is 0.330.